The largest absolute Gasteiger partial charge is 0.351 e. The molecule has 0 aromatic heterocycles. The maximum absolute atomic E-state index is 12.5. The van der Waals surface area contributed by atoms with Crippen LogP contribution in [0.1, 0.15) is 45.8 Å². The Labute approximate surface area is 145 Å². The Morgan fingerprint density at radius 3 is 2.88 bits per heavy atom. The summed E-state index contributed by atoms with van der Waals surface area (Å²) in [4.78, 5) is 12.5. The number of hydrogen-bond acceptors (Lipinski definition) is 2. The SMILES string of the molecule is CS(=O)Cc1cccc(C(=O)NCC2CCCc3ccccc32)c1. The van der Waals surface area contributed by atoms with Crippen molar-refractivity contribution in [1.82, 2.24) is 5.32 Å². The van der Waals surface area contributed by atoms with Crippen LogP contribution in [0, 0.1) is 0 Å². The van der Waals surface area contributed by atoms with E-state index in [2.05, 4.69) is 29.6 Å². The van der Waals surface area contributed by atoms with Gasteiger partial charge in [-0.15, -0.1) is 0 Å². The fourth-order valence-corrected chi connectivity index (χ4v) is 4.07. The molecule has 2 aromatic carbocycles. The van der Waals surface area contributed by atoms with Gasteiger partial charge in [-0.25, -0.2) is 0 Å². The standard InChI is InChI=1S/C20H23NO2S/c1-24(23)14-15-6-4-9-17(12-15)20(22)21-13-18-10-5-8-16-7-2-3-11-19(16)18/h2-4,6-7,9,11-12,18H,5,8,10,13-14H2,1H3,(H,21,22). The maximum atomic E-state index is 12.5. The maximum Gasteiger partial charge on any atom is 0.251 e. The van der Waals surface area contributed by atoms with Gasteiger partial charge in [0.2, 0.25) is 0 Å². The second-order valence-electron chi connectivity index (χ2n) is 6.42. The van der Waals surface area contributed by atoms with E-state index < -0.39 is 10.8 Å². The van der Waals surface area contributed by atoms with E-state index in [4.69, 9.17) is 0 Å². The zero-order valence-corrected chi connectivity index (χ0v) is 14.8. The van der Waals surface area contributed by atoms with Gasteiger partial charge in [-0.3, -0.25) is 9.00 Å². The average molecular weight is 341 g/mol. The van der Waals surface area contributed by atoms with Crippen LogP contribution in [0.3, 0.4) is 0 Å². The van der Waals surface area contributed by atoms with Crippen LogP contribution in [0.25, 0.3) is 0 Å². The van der Waals surface area contributed by atoms with Gasteiger partial charge in [0.05, 0.1) is 0 Å². The van der Waals surface area contributed by atoms with Gasteiger partial charge in [-0.05, 0) is 48.1 Å². The van der Waals surface area contributed by atoms with E-state index in [1.165, 1.54) is 17.5 Å². The number of aryl methyl sites for hydroxylation is 1. The molecule has 0 bridgehead atoms. The third-order valence-electron chi connectivity index (χ3n) is 4.56. The number of amides is 1. The Morgan fingerprint density at radius 1 is 1.21 bits per heavy atom. The summed E-state index contributed by atoms with van der Waals surface area (Å²) >= 11 is 0. The monoisotopic (exact) mass is 341 g/mol. The Bertz CT molecular complexity index is 757. The minimum Gasteiger partial charge on any atom is -0.351 e. The zero-order valence-electron chi connectivity index (χ0n) is 14.0. The molecule has 1 aliphatic rings. The average Bonchev–Trinajstić information content (AvgIpc) is 2.59. The molecular weight excluding hydrogens is 318 g/mol. The van der Waals surface area contributed by atoms with Crippen LogP contribution in [-0.2, 0) is 23.0 Å². The predicted molar refractivity (Wildman–Crippen MR) is 98.7 cm³/mol. The topological polar surface area (TPSA) is 46.2 Å². The fraction of sp³-hybridized carbons (Fsp3) is 0.350. The molecule has 0 fully saturated rings. The molecule has 2 aromatic rings. The molecule has 0 saturated heterocycles. The number of benzene rings is 2. The van der Waals surface area contributed by atoms with Crippen LogP contribution >= 0.6 is 0 Å². The lowest BCUT2D eigenvalue weighted by Gasteiger charge is -2.25. The fourth-order valence-electron chi connectivity index (χ4n) is 3.42. The normalized spacial score (nSPS) is 17.8. The van der Waals surface area contributed by atoms with E-state index >= 15 is 0 Å². The molecule has 2 unspecified atom stereocenters. The first-order chi connectivity index (χ1) is 11.6. The summed E-state index contributed by atoms with van der Waals surface area (Å²) in [7, 11) is -0.902. The highest BCUT2D eigenvalue weighted by molar-refractivity contribution is 7.83. The molecule has 3 rings (SSSR count). The van der Waals surface area contributed by atoms with E-state index in [1.54, 1.807) is 6.26 Å². The van der Waals surface area contributed by atoms with Crippen molar-refractivity contribution in [3.05, 3.63) is 70.8 Å². The van der Waals surface area contributed by atoms with Crippen molar-refractivity contribution in [2.75, 3.05) is 12.8 Å². The Morgan fingerprint density at radius 2 is 2.04 bits per heavy atom. The quantitative estimate of drug-likeness (QED) is 0.906. The minimum absolute atomic E-state index is 0.0539. The van der Waals surface area contributed by atoms with Crippen molar-refractivity contribution in [1.29, 1.82) is 0 Å². The van der Waals surface area contributed by atoms with Crippen molar-refractivity contribution in [2.45, 2.75) is 30.9 Å². The molecule has 0 radical (unpaired) electrons. The number of carbonyl (C=O) groups excluding carboxylic acids is 1. The summed E-state index contributed by atoms with van der Waals surface area (Å²) in [5.74, 6) is 0.823. The summed E-state index contributed by atoms with van der Waals surface area (Å²) in [6.45, 7) is 0.666. The first-order valence-corrected chi connectivity index (χ1v) is 10.1. The summed E-state index contributed by atoms with van der Waals surface area (Å²) < 4.78 is 11.4. The molecule has 1 aliphatic carbocycles. The molecule has 1 N–H and O–H groups in total. The second-order valence-corrected chi connectivity index (χ2v) is 7.85. The Hall–Kier alpha value is -1.94. The molecule has 4 heteroatoms. The number of nitrogens with one attached hydrogen (secondary N) is 1. The first-order valence-electron chi connectivity index (χ1n) is 8.38. The molecule has 0 heterocycles. The number of fused-ring (bicyclic) bond motifs is 1. The first kappa shape index (κ1) is 16.9. The summed E-state index contributed by atoms with van der Waals surface area (Å²) in [6, 6.07) is 16.0. The van der Waals surface area contributed by atoms with E-state index in [9.17, 15) is 9.00 Å². The van der Waals surface area contributed by atoms with E-state index in [1.807, 2.05) is 24.3 Å². The molecule has 126 valence electrons. The molecule has 0 spiro atoms. The minimum atomic E-state index is -0.902. The van der Waals surface area contributed by atoms with Crippen LogP contribution in [0.5, 0.6) is 0 Å². The molecule has 0 aliphatic heterocycles. The van der Waals surface area contributed by atoms with Crippen molar-refractivity contribution in [3.8, 4) is 0 Å². The number of carbonyl (C=O) groups is 1. The van der Waals surface area contributed by atoms with Crippen LogP contribution in [0.4, 0.5) is 0 Å². The Kier molecular flexibility index (Phi) is 5.46. The highest BCUT2D eigenvalue weighted by Gasteiger charge is 2.20. The van der Waals surface area contributed by atoms with Crippen molar-refractivity contribution in [3.63, 3.8) is 0 Å². The van der Waals surface area contributed by atoms with E-state index in [0.717, 1.165) is 18.4 Å². The smallest absolute Gasteiger partial charge is 0.251 e. The van der Waals surface area contributed by atoms with Gasteiger partial charge in [0.25, 0.3) is 5.91 Å². The number of hydrogen-bond donors (Lipinski definition) is 1. The van der Waals surface area contributed by atoms with Gasteiger partial charge >= 0.3 is 0 Å². The second kappa shape index (κ2) is 7.75. The molecular formula is C20H23NO2S. The van der Waals surface area contributed by atoms with Crippen molar-refractivity contribution < 1.29 is 9.00 Å². The van der Waals surface area contributed by atoms with Crippen molar-refractivity contribution >= 4 is 16.7 Å². The van der Waals surface area contributed by atoms with Crippen LogP contribution in [0.2, 0.25) is 0 Å². The summed E-state index contributed by atoms with van der Waals surface area (Å²) in [5, 5.41) is 3.08. The zero-order chi connectivity index (χ0) is 16.9. The van der Waals surface area contributed by atoms with Gasteiger partial charge in [-0.1, -0.05) is 36.4 Å². The molecule has 0 saturated carbocycles. The van der Waals surface area contributed by atoms with E-state index in [0.29, 0.717) is 23.8 Å². The predicted octanol–water partition coefficient (Wildman–Crippen LogP) is 3.42. The lowest BCUT2D eigenvalue weighted by molar-refractivity contribution is 0.0950. The summed E-state index contributed by atoms with van der Waals surface area (Å²) in [6.07, 6.45) is 5.10. The molecule has 3 nitrogen and oxygen atoms in total. The van der Waals surface area contributed by atoms with Gasteiger partial charge in [0.1, 0.15) is 0 Å². The summed E-state index contributed by atoms with van der Waals surface area (Å²) in [5.41, 5.74) is 4.36. The van der Waals surface area contributed by atoms with Crippen LogP contribution in [-0.4, -0.2) is 22.9 Å². The molecule has 1 amide bonds. The molecule has 24 heavy (non-hydrogen) atoms. The lowest BCUT2D eigenvalue weighted by Crippen LogP contribution is -2.30. The van der Waals surface area contributed by atoms with Gasteiger partial charge < -0.3 is 5.32 Å². The van der Waals surface area contributed by atoms with E-state index in [-0.39, 0.29) is 5.91 Å². The number of rotatable bonds is 5. The third-order valence-corrected chi connectivity index (χ3v) is 5.30. The molecule has 2 atom stereocenters. The lowest BCUT2D eigenvalue weighted by atomic mass is 9.83. The highest BCUT2D eigenvalue weighted by atomic mass is 32.2. The Balaban J connectivity index is 1.65. The highest BCUT2D eigenvalue weighted by Crippen LogP contribution is 2.30. The van der Waals surface area contributed by atoms with Gasteiger partial charge in [0, 0.05) is 40.8 Å². The van der Waals surface area contributed by atoms with Crippen LogP contribution in [0.15, 0.2) is 48.5 Å². The van der Waals surface area contributed by atoms with Crippen LogP contribution < -0.4 is 5.32 Å². The van der Waals surface area contributed by atoms with Gasteiger partial charge in [0.15, 0.2) is 0 Å². The van der Waals surface area contributed by atoms with Crippen molar-refractivity contribution in [2.24, 2.45) is 0 Å². The van der Waals surface area contributed by atoms with Gasteiger partial charge in [-0.2, -0.15) is 0 Å². The third kappa shape index (κ3) is 4.12.